The van der Waals surface area contributed by atoms with E-state index in [0.717, 1.165) is 33.7 Å². The first-order valence-corrected chi connectivity index (χ1v) is 10.4. The van der Waals surface area contributed by atoms with E-state index in [1.165, 1.54) is 12.1 Å². The summed E-state index contributed by atoms with van der Waals surface area (Å²) in [6.45, 7) is 5.71. The lowest BCUT2D eigenvalue weighted by molar-refractivity contribution is -0.274. The molecule has 1 aliphatic heterocycles. The van der Waals surface area contributed by atoms with E-state index in [4.69, 9.17) is 0 Å². The van der Waals surface area contributed by atoms with E-state index >= 15 is 0 Å². The molecule has 3 aromatic carbocycles. The number of alkyl halides is 3. The molecule has 3 aromatic rings. The van der Waals surface area contributed by atoms with E-state index in [2.05, 4.69) is 10.1 Å². The fourth-order valence-corrected chi connectivity index (χ4v) is 3.70. The zero-order valence-corrected chi connectivity index (χ0v) is 18.7. The van der Waals surface area contributed by atoms with Gasteiger partial charge in [0.1, 0.15) is 11.4 Å². The van der Waals surface area contributed by atoms with Crippen LogP contribution in [0.5, 0.6) is 5.75 Å². The number of halogens is 3. The quantitative estimate of drug-likeness (QED) is 0.475. The van der Waals surface area contributed by atoms with Crippen LogP contribution in [0.3, 0.4) is 0 Å². The van der Waals surface area contributed by atoms with Crippen molar-refractivity contribution >= 4 is 28.8 Å². The summed E-state index contributed by atoms with van der Waals surface area (Å²) >= 11 is 0. The Labute approximate surface area is 194 Å². The molecule has 5 nitrogen and oxygen atoms in total. The summed E-state index contributed by atoms with van der Waals surface area (Å²) in [6.07, 6.45) is -4.81. The third kappa shape index (κ3) is 4.66. The highest BCUT2D eigenvalue weighted by molar-refractivity contribution is 6.46. The number of carbonyl (C=O) groups is 2. The minimum atomic E-state index is -4.81. The Hall–Kier alpha value is -4.07. The van der Waals surface area contributed by atoms with Crippen LogP contribution >= 0.6 is 0 Å². The third-order valence-electron chi connectivity index (χ3n) is 5.50. The molecule has 34 heavy (non-hydrogen) atoms. The van der Waals surface area contributed by atoms with Crippen molar-refractivity contribution in [2.24, 2.45) is 0 Å². The van der Waals surface area contributed by atoms with Gasteiger partial charge in [-0.1, -0.05) is 30.3 Å². The molecule has 1 N–H and O–H groups in total. The smallest absolute Gasteiger partial charge is 0.406 e. The molecule has 0 saturated heterocycles. The van der Waals surface area contributed by atoms with Crippen molar-refractivity contribution < 1.29 is 27.5 Å². The van der Waals surface area contributed by atoms with Crippen LogP contribution < -0.4 is 15.0 Å². The number of amides is 2. The first-order chi connectivity index (χ1) is 16.0. The highest BCUT2D eigenvalue weighted by Crippen LogP contribution is 2.35. The second-order valence-electron chi connectivity index (χ2n) is 8.03. The predicted octanol–water partition coefficient (Wildman–Crippen LogP) is 5.91. The number of rotatable bonds is 5. The summed E-state index contributed by atoms with van der Waals surface area (Å²) < 4.78 is 41.3. The van der Waals surface area contributed by atoms with Crippen LogP contribution in [-0.4, -0.2) is 18.2 Å². The number of nitrogens with one attached hydrogen (secondary N) is 1. The number of nitrogens with zero attached hydrogens (tertiary/aromatic N) is 1. The van der Waals surface area contributed by atoms with Crippen LogP contribution in [0.25, 0.3) is 5.57 Å². The number of anilines is 2. The standard InChI is InChI=1S/C26H21F3N2O3/c1-15-5-4-6-20(13-15)31-24(32)22(18-8-7-16(2)17(3)14-18)23(25(31)33)30-19-9-11-21(12-10-19)34-26(27,28)29/h4-14,30H,1-3H3. The largest absolute Gasteiger partial charge is 0.573 e. The van der Waals surface area contributed by atoms with Gasteiger partial charge in [-0.25, -0.2) is 4.90 Å². The predicted molar refractivity (Wildman–Crippen MR) is 123 cm³/mol. The minimum absolute atomic E-state index is 0.0410. The fourth-order valence-electron chi connectivity index (χ4n) is 3.70. The number of ether oxygens (including phenoxy) is 1. The molecule has 4 rings (SSSR count). The summed E-state index contributed by atoms with van der Waals surface area (Å²) in [7, 11) is 0. The fraction of sp³-hybridized carbons (Fsp3) is 0.154. The van der Waals surface area contributed by atoms with Crippen molar-refractivity contribution in [2.75, 3.05) is 10.2 Å². The maximum atomic E-state index is 13.5. The molecule has 0 spiro atoms. The van der Waals surface area contributed by atoms with Gasteiger partial charge in [-0.05, 0) is 79.4 Å². The van der Waals surface area contributed by atoms with Crippen molar-refractivity contribution in [3.63, 3.8) is 0 Å². The topological polar surface area (TPSA) is 58.6 Å². The van der Waals surface area contributed by atoms with Crippen LogP contribution in [0, 0.1) is 20.8 Å². The molecule has 0 aliphatic carbocycles. The van der Waals surface area contributed by atoms with Gasteiger partial charge in [-0.2, -0.15) is 0 Å². The number of benzene rings is 3. The van der Waals surface area contributed by atoms with E-state index in [1.54, 1.807) is 24.3 Å². The second-order valence-corrected chi connectivity index (χ2v) is 8.03. The van der Waals surface area contributed by atoms with Crippen molar-refractivity contribution in [2.45, 2.75) is 27.1 Å². The van der Waals surface area contributed by atoms with Gasteiger partial charge in [0.2, 0.25) is 0 Å². The van der Waals surface area contributed by atoms with E-state index in [9.17, 15) is 22.8 Å². The first-order valence-electron chi connectivity index (χ1n) is 10.4. The highest BCUT2D eigenvalue weighted by Gasteiger charge is 2.40. The average Bonchev–Trinajstić information content (AvgIpc) is 3.00. The summed E-state index contributed by atoms with van der Waals surface area (Å²) in [4.78, 5) is 28.0. The molecule has 1 aliphatic rings. The summed E-state index contributed by atoms with van der Waals surface area (Å²) in [5.41, 5.74) is 4.42. The molecule has 0 unspecified atom stereocenters. The van der Waals surface area contributed by atoms with Gasteiger partial charge >= 0.3 is 6.36 Å². The molecule has 0 fully saturated rings. The zero-order chi connectivity index (χ0) is 24.6. The molecule has 0 atom stereocenters. The lowest BCUT2D eigenvalue weighted by atomic mass is 9.99. The molecule has 174 valence electrons. The zero-order valence-electron chi connectivity index (χ0n) is 18.7. The molecular formula is C26H21F3N2O3. The molecule has 0 saturated carbocycles. The van der Waals surface area contributed by atoms with Crippen LogP contribution in [-0.2, 0) is 9.59 Å². The number of aryl methyl sites for hydroxylation is 3. The molecule has 0 bridgehead atoms. The van der Waals surface area contributed by atoms with Gasteiger partial charge in [0.15, 0.2) is 0 Å². The van der Waals surface area contributed by atoms with Gasteiger partial charge in [-0.3, -0.25) is 9.59 Å². The Morgan fingerprint density at radius 3 is 2.15 bits per heavy atom. The first kappa shape index (κ1) is 23.1. The number of hydrogen-bond donors (Lipinski definition) is 1. The van der Waals surface area contributed by atoms with Gasteiger partial charge in [0.05, 0.1) is 11.3 Å². The summed E-state index contributed by atoms with van der Waals surface area (Å²) in [5, 5.41) is 2.94. The number of imide groups is 1. The Kier molecular flexibility index (Phi) is 5.91. The Balaban J connectivity index is 1.76. The molecule has 0 aromatic heterocycles. The van der Waals surface area contributed by atoms with Gasteiger partial charge in [0, 0.05) is 5.69 Å². The van der Waals surface area contributed by atoms with Gasteiger partial charge in [-0.15, -0.1) is 13.2 Å². The molecule has 0 radical (unpaired) electrons. The van der Waals surface area contributed by atoms with Crippen molar-refractivity contribution in [3.8, 4) is 5.75 Å². The maximum Gasteiger partial charge on any atom is 0.573 e. The van der Waals surface area contributed by atoms with Crippen LogP contribution in [0.15, 0.2) is 72.4 Å². The van der Waals surface area contributed by atoms with Crippen LogP contribution in [0.2, 0.25) is 0 Å². The van der Waals surface area contributed by atoms with E-state index < -0.39 is 23.9 Å². The highest BCUT2D eigenvalue weighted by atomic mass is 19.4. The van der Waals surface area contributed by atoms with E-state index in [1.807, 2.05) is 39.0 Å². The van der Waals surface area contributed by atoms with Gasteiger partial charge in [0.25, 0.3) is 11.8 Å². The van der Waals surface area contributed by atoms with Crippen molar-refractivity contribution in [1.29, 1.82) is 0 Å². The lowest BCUT2D eigenvalue weighted by Crippen LogP contribution is -2.32. The monoisotopic (exact) mass is 466 g/mol. The maximum absolute atomic E-state index is 13.5. The number of carbonyl (C=O) groups excluding carboxylic acids is 2. The Morgan fingerprint density at radius 1 is 0.824 bits per heavy atom. The number of hydrogen-bond acceptors (Lipinski definition) is 4. The molecule has 8 heteroatoms. The second kappa shape index (κ2) is 8.70. The van der Waals surface area contributed by atoms with E-state index in [0.29, 0.717) is 16.9 Å². The Bertz CT molecular complexity index is 1310. The normalized spacial score (nSPS) is 14.1. The van der Waals surface area contributed by atoms with Crippen molar-refractivity contribution in [3.05, 3.63) is 94.7 Å². The van der Waals surface area contributed by atoms with Crippen molar-refractivity contribution in [1.82, 2.24) is 0 Å². The SMILES string of the molecule is Cc1cccc(N2C(=O)C(Nc3ccc(OC(F)(F)F)cc3)=C(c3ccc(C)c(C)c3)C2=O)c1. The van der Waals surface area contributed by atoms with Crippen LogP contribution in [0.4, 0.5) is 24.5 Å². The summed E-state index contributed by atoms with van der Waals surface area (Å²) in [5.74, 6) is -1.44. The van der Waals surface area contributed by atoms with E-state index in [-0.39, 0.29) is 11.3 Å². The summed E-state index contributed by atoms with van der Waals surface area (Å²) in [6, 6.07) is 17.4. The molecular weight excluding hydrogens is 445 g/mol. The average molecular weight is 466 g/mol. The van der Waals surface area contributed by atoms with Gasteiger partial charge < -0.3 is 10.1 Å². The Morgan fingerprint density at radius 2 is 1.53 bits per heavy atom. The van der Waals surface area contributed by atoms with Crippen LogP contribution in [0.1, 0.15) is 22.3 Å². The minimum Gasteiger partial charge on any atom is -0.406 e. The molecule has 1 heterocycles. The lowest BCUT2D eigenvalue weighted by Gasteiger charge is -2.16. The third-order valence-corrected chi connectivity index (χ3v) is 5.50. The molecule has 2 amide bonds.